The summed E-state index contributed by atoms with van der Waals surface area (Å²) in [4.78, 5) is 25.8. The first-order valence-electron chi connectivity index (χ1n) is 11.3. The van der Waals surface area contributed by atoms with Crippen molar-refractivity contribution in [2.24, 2.45) is 0 Å². The Bertz CT molecular complexity index is 1640. The maximum Gasteiger partial charge on any atom is 0.408 e. The lowest BCUT2D eigenvalue weighted by Crippen LogP contribution is -2.45. The largest absolute Gasteiger partial charge is 0.408 e. The van der Waals surface area contributed by atoms with Gasteiger partial charge in [-0.25, -0.2) is 9.31 Å². The number of alkyl halides is 3. The van der Waals surface area contributed by atoms with Crippen LogP contribution in [-0.4, -0.2) is 36.9 Å². The molecule has 7 nitrogen and oxygen atoms in total. The summed E-state index contributed by atoms with van der Waals surface area (Å²) in [5.74, 6) is -0.897. The second kappa shape index (κ2) is 8.71. The van der Waals surface area contributed by atoms with Crippen LogP contribution in [0.3, 0.4) is 0 Å². The van der Waals surface area contributed by atoms with Crippen LogP contribution in [0.15, 0.2) is 77.9 Å². The third-order valence-electron chi connectivity index (χ3n) is 6.19. The quantitative estimate of drug-likeness (QED) is 0.392. The zero-order valence-electron chi connectivity index (χ0n) is 19.5. The second-order valence-electron chi connectivity index (χ2n) is 8.61. The van der Waals surface area contributed by atoms with Crippen LogP contribution in [0.1, 0.15) is 12.5 Å². The number of para-hydroxylation sites is 1. The van der Waals surface area contributed by atoms with Crippen LogP contribution in [-0.2, 0) is 11.3 Å². The summed E-state index contributed by atoms with van der Waals surface area (Å²) in [6, 6.07) is 16.4. The van der Waals surface area contributed by atoms with Gasteiger partial charge in [-0.05, 0) is 55.3 Å². The van der Waals surface area contributed by atoms with Crippen molar-refractivity contribution in [2.75, 3.05) is 0 Å². The minimum Gasteiger partial charge on any atom is -0.343 e. The number of nitrogens with zero attached hydrogens (tertiary/aromatic N) is 4. The standard InChI is InChI=1S/C26H22F3N5O2/c1-16-6-5-8-22-24(16)34(25(36)32(22)15-23(35)31-17(2)26(27,28)29)19-11-9-18(10-12-19)20-14-30-33-13-4-3-7-21(20)33/h3-14,17H,15H2,1-2H3,(H,31,35)/t17-/m0/s1. The van der Waals surface area contributed by atoms with E-state index in [0.29, 0.717) is 16.7 Å². The first kappa shape index (κ1) is 23.4. The van der Waals surface area contributed by atoms with Gasteiger partial charge in [0.05, 0.1) is 28.4 Å². The first-order valence-corrected chi connectivity index (χ1v) is 11.3. The number of nitrogens with one attached hydrogen (secondary N) is 1. The predicted octanol–water partition coefficient (Wildman–Crippen LogP) is 4.48. The average molecular weight is 493 g/mol. The molecule has 0 aliphatic rings. The molecule has 0 spiro atoms. The number of carbonyl (C=O) groups excluding carboxylic acids is 1. The Hall–Kier alpha value is -4.34. The molecule has 0 unspecified atom stereocenters. The van der Waals surface area contributed by atoms with E-state index in [9.17, 15) is 22.8 Å². The maximum absolute atomic E-state index is 13.5. The Morgan fingerprint density at radius 2 is 1.75 bits per heavy atom. The molecule has 0 radical (unpaired) electrons. The Balaban J connectivity index is 1.55. The van der Waals surface area contributed by atoms with Gasteiger partial charge in [0, 0.05) is 11.8 Å². The molecule has 36 heavy (non-hydrogen) atoms. The molecule has 0 aliphatic carbocycles. The number of carbonyl (C=O) groups is 1. The third-order valence-corrected chi connectivity index (χ3v) is 6.19. The van der Waals surface area contributed by atoms with Crippen LogP contribution in [0, 0.1) is 6.92 Å². The predicted molar refractivity (Wildman–Crippen MR) is 130 cm³/mol. The van der Waals surface area contributed by atoms with Gasteiger partial charge in [0.15, 0.2) is 0 Å². The van der Waals surface area contributed by atoms with Gasteiger partial charge in [-0.15, -0.1) is 0 Å². The number of halogens is 3. The van der Waals surface area contributed by atoms with Gasteiger partial charge < -0.3 is 5.32 Å². The molecule has 2 aromatic carbocycles. The van der Waals surface area contributed by atoms with Crippen LogP contribution >= 0.6 is 0 Å². The van der Waals surface area contributed by atoms with Crippen molar-refractivity contribution in [3.05, 3.63) is 89.1 Å². The molecule has 0 saturated carbocycles. The summed E-state index contributed by atoms with van der Waals surface area (Å²) in [6.07, 6.45) is -0.947. The summed E-state index contributed by atoms with van der Waals surface area (Å²) in [6.45, 7) is 2.16. The molecule has 0 aliphatic heterocycles. The van der Waals surface area contributed by atoms with Gasteiger partial charge in [-0.2, -0.15) is 18.3 Å². The second-order valence-corrected chi connectivity index (χ2v) is 8.61. The van der Waals surface area contributed by atoms with Crippen LogP contribution < -0.4 is 11.0 Å². The first-order chi connectivity index (χ1) is 17.1. The number of aromatic nitrogens is 4. The number of imidazole rings is 1. The molecule has 1 N–H and O–H groups in total. The van der Waals surface area contributed by atoms with Crippen LogP contribution in [0.25, 0.3) is 33.4 Å². The summed E-state index contributed by atoms with van der Waals surface area (Å²) in [7, 11) is 0. The summed E-state index contributed by atoms with van der Waals surface area (Å²) >= 11 is 0. The SMILES string of the molecule is Cc1cccc2c1n(-c1ccc(-c3cnn4ccccc34)cc1)c(=O)n2CC(=O)N[C@@H](C)C(F)(F)F. The Labute approximate surface area is 203 Å². The van der Waals surface area contributed by atoms with Gasteiger partial charge in [0.25, 0.3) is 0 Å². The Morgan fingerprint density at radius 1 is 1.03 bits per heavy atom. The molecule has 5 rings (SSSR count). The van der Waals surface area contributed by atoms with Gasteiger partial charge >= 0.3 is 11.9 Å². The van der Waals surface area contributed by atoms with Gasteiger partial charge in [0.1, 0.15) is 12.6 Å². The molecule has 184 valence electrons. The number of amides is 1. The summed E-state index contributed by atoms with van der Waals surface area (Å²) in [5.41, 5.74) is 4.68. The fraction of sp³-hybridized carbons (Fsp3) is 0.192. The highest BCUT2D eigenvalue weighted by Crippen LogP contribution is 2.27. The lowest BCUT2D eigenvalue weighted by molar-refractivity contribution is -0.158. The Morgan fingerprint density at radius 3 is 2.47 bits per heavy atom. The number of pyridine rings is 1. The van der Waals surface area contributed by atoms with E-state index in [1.54, 1.807) is 35.0 Å². The molecule has 1 atom stereocenters. The fourth-order valence-electron chi connectivity index (χ4n) is 4.32. The lowest BCUT2D eigenvalue weighted by atomic mass is 10.1. The van der Waals surface area contributed by atoms with Gasteiger partial charge in [0.2, 0.25) is 5.91 Å². The number of hydrogen-bond donors (Lipinski definition) is 1. The molecule has 0 saturated heterocycles. The zero-order valence-corrected chi connectivity index (χ0v) is 19.5. The van der Waals surface area contributed by atoms with Crippen molar-refractivity contribution in [1.82, 2.24) is 24.1 Å². The molecule has 10 heteroatoms. The van der Waals surface area contributed by atoms with Crippen molar-refractivity contribution in [1.29, 1.82) is 0 Å². The minimum atomic E-state index is -4.58. The molecular weight excluding hydrogens is 471 g/mol. The summed E-state index contributed by atoms with van der Waals surface area (Å²) in [5, 5.41) is 6.28. The molecule has 1 amide bonds. The highest BCUT2D eigenvalue weighted by molar-refractivity contribution is 5.85. The van der Waals surface area contributed by atoms with Crippen LogP contribution in [0.5, 0.6) is 0 Å². The van der Waals surface area contributed by atoms with E-state index in [2.05, 4.69) is 5.10 Å². The highest BCUT2D eigenvalue weighted by atomic mass is 19.4. The number of rotatable bonds is 5. The van der Waals surface area contributed by atoms with E-state index in [-0.39, 0.29) is 0 Å². The zero-order chi connectivity index (χ0) is 25.6. The normalized spacial score (nSPS) is 12.8. The van der Waals surface area contributed by atoms with Crippen LogP contribution in [0.4, 0.5) is 13.2 Å². The van der Waals surface area contributed by atoms with Crippen molar-refractivity contribution < 1.29 is 18.0 Å². The van der Waals surface area contributed by atoms with Crippen molar-refractivity contribution in [2.45, 2.75) is 32.6 Å². The van der Waals surface area contributed by atoms with Crippen LogP contribution in [0.2, 0.25) is 0 Å². The fourth-order valence-corrected chi connectivity index (χ4v) is 4.32. The molecule has 0 fully saturated rings. The number of aryl methyl sites for hydroxylation is 1. The van der Waals surface area contributed by atoms with E-state index in [1.807, 2.05) is 54.8 Å². The molecule has 5 aromatic rings. The minimum absolute atomic E-state index is 0.460. The topological polar surface area (TPSA) is 73.3 Å². The van der Waals surface area contributed by atoms with Crippen molar-refractivity contribution >= 4 is 22.5 Å². The monoisotopic (exact) mass is 493 g/mol. The number of benzene rings is 2. The Kier molecular flexibility index (Phi) is 5.66. The van der Waals surface area contributed by atoms with E-state index in [4.69, 9.17) is 0 Å². The molecule has 0 bridgehead atoms. The molecule has 3 aromatic heterocycles. The third kappa shape index (κ3) is 4.04. The van der Waals surface area contributed by atoms with Crippen molar-refractivity contribution in [3.8, 4) is 16.8 Å². The summed E-state index contributed by atoms with van der Waals surface area (Å²) < 4.78 is 43.1. The molecule has 3 heterocycles. The van der Waals surface area contributed by atoms with Gasteiger partial charge in [-0.3, -0.25) is 13.9 Å². The van der Waals surface area contributed by atoms with E-state index < -0.39 is 30.4 Å². The van der Waals surface area contributed by atoms with E-state index in [1.165, 1.54) is 9.13 Å². The maximum atomic E-state index is 13.5. The average Bonchev–Trinajstić information content (AvgIpc) is 3.39. The highest BCUT2D eigenvalue weighted by Gasteiger charge is 2.37. The van der Waals surface area contributed by atoms with Gasteiger partial charge in [-0.1, -0.05) is 30.3 Å². The van der Waals surface area contributed by atoms with E-state index in [0.717, 1.165) is 29.1 Å². The number of fused-ring (bicyclic) bond motifs is 2. The van der Waals surface area contributed by atoms with E-state index >= 15 is 0 Å². The molecular formula is C26H22F3N5O2. The smallest absolute Gasteiger partial charge is 0.343 e. The lowest BCUT2D eigenvalue weighted by Gasteiger charge is -2.17. The van der Waals surface area contributed by atoms with Crippen molar-refractivity contribution in [3.63, 3.8) is 0 Å². The number of hydrogen-bond acceptors (Lipinski definition) is 3.